The molecular weight excluding hydrogens is 482 g/mol. The van der Waals surface area contributed by atoms with Crippen LogP contribution in [0.15, 0.2) is 58.3 Å². The number of hydrogen-bond acceptors (Lipinski definition) is 7. The van der Waals surface area contributed by atoms with E-state index < -0.39 is 5.54 Å². The Labute approximate surface area is 213 Å². The Bertz CT molecular complexity index is 1350. The maximum atomic E-state index is 13.5. The SMILES string of the molecule is Cc1csc(C2CCCN2C(=O)c2ccc(Cl)c(-c3nnc(C(C)(N)Cc4ccccc4)o3)c2)n1. The predicted octanol–water partition coefficient (Wildman–Crippen LogP) is 5.55. The quantitative estimate of drug-likeness (QED) is 0.367. The number of aromatic nitrogens is 3. The van der Waals surface area contributed by atoms with Crippen molar-refractivity contribution in [3.8, 4) is 11.5 Å². The van der Waals surface area contributed by atoms with Gasteiger partial charge in [0, 0.05) is 23.2 Å². The first-order valence-electron chi connectivity index (χ1n) is 11.5. The molecule has 5 rings (SSSR count). The number of halogens is 1. The molecule has 1 aliphatic rings. The summed E-state index contributed by atoms with van der Waals surface area (Å²) in [6.45, 7) is 4.51. The van der Waals surface area contributed by atoms with Gasteiger partial charge in [0.25, 0.3) is 5.91 Å². The highest BCUT2D eigenvalue weighted by atomic mass is 35.5. The number of nitrogens with two attached hydrogens (primary N) is 1. The summed E-state index contributed by atoms with van der Waals surface area (Å²) in [4.78, 5) is 20.0. The molecule has 1 aliphatic heterocycles. The van der Waals surface area contributed by atoms with Crippen LogP contribution in [0.2, 0.25) is 5.02 Å². The summed E-state index contributed by atoms with van der Waals surface area (Å²) in [5.74, 6) is 0.478. The first kappa shape index (κ1) is 23.7. The molecule has 2 aromatic carbocycles. The average molecular weight is 508 g/mol. The largest absolute Gasteiger partial charge is 0.419 e. The zero-order valence-corrected chi connectivity index (χ0v) is 21.1. The van der Waals surface area contributed by atoms with Crippen molar-refractivity contribution < 1.29 is 9.21 Å². The van der Waals surface area contributed by atoms with Gasteiger partial charge in [-0.25, -0.2) is 4.98 Å². The summed E-state index contributed by atoms with van der Waals surface area (Å²) < 4.78 is 5.98. The van der Waals surface area contributed by atoms with Crippen molar-refractivity contribution in [2.45, 2.75) is 44.7 Å². The normalized spacial score (nSPS) is 17.5. The third-order valence-electron chi connectivity index (χ3n) is 6.21. The topological polar surface area (TPSA) is 98.1 Å². The summed E-state index contributed by atoms with van der Waals surface area (Å²) in [6.07, 6.45) is 2.38. The fraction of sp³-hybridized carbons (Fsp3) is 0.308. The minimum absolute atomic E-state index is 0.00808. The molecule has 0 saturated carbocycles. The summed E-state index contributed by atoms with van der Waals surface area (Å²) in [6, 6.07) is 15.0. The average Bonchev–Trinajstić information content (AvgIpc) is 3.60. The summed E-state index contributed by atoms with van der Waals surface area (Å²) in [5.41, 5.74) is 8.75. The first-order valence-corrected chi connectivity index (χ1v) is 12.8. The van der Waals surface area contributed by atoms with Crippen LogP contribution in [0, 0.1) is 6.92 Å². The molecule has 1 fully saturated rings. The lowest BCUT2D eigenvalue weighted by molar-refractivity contribution is 0.0735. The fourth-order valence-corrected chi connectivity index (χ4v) is 5.58. The Balaban J connectivity index is 1.40. The Kier molecular flexibility index (Phi) is 6.44. The molecule has 1 amide bonds. The van der Waals surface area contributed by atoms with Gasteiger partial charge in [0.15, 0.2) is 0 Å². The zero-order chi connectivity index (χ0) is 24.6. The number of hydrogen-bond donors (Lipinski definition) is 1. The molecule has 9 heteroatoms. The summed E-state index contributed by atoms with van der Waals surface area (Å²) in [5, 5.41) is 11.8. The van der Waals surface area contributed by atoms with Crippen LogP contribution in [0.4, 0.5) is 0 Å². The van der Waals surface area contributed by atoms with Crippen molar-refractivity contribution in [3.63, 3.8) is 0 Å². The van der Waals surface area contributed by atoms with Crippen molar-refractivity contribution in [2.75, 3.05) is 6.54 Å². The second-order valence-corrected chi connectivity index (χ2v) is 10.5. The van der Waals surface area contributed by atoms with Crippen molar-refractivity contribution in [3.05, 3.63) is 86.7 Å². The van der Waals surface area contributed by atoms with Gasteiger partial charge in [-0.2, -0.15) is 0 Å². The molecule has 0 radical (unpaired) electrons. The van der Waals surface area contributed by atoms with E-state index in [-0.39, 0.29) is 17.8 Å². The number of amides is 1. The van der Waals surface area contributed by atoms with Crippen molar-refractivity contribution >= 4 is 28.8 Å². The lowest BCUT2D eigenvalue weighted by Gasteiger charge is -2.23. The van der Waals surface area contributed by atoms with Crippen molar-refractivity contribution in [2.24, 2.45) is 5.73 Å². The van der Waals surface area contributed by atoms with Gasteiger partial charge < -0.3 is 15.1 Å². The molecular formula is C26H26ClN5O2S. The number of aryl methyl sites for hydroxylation is 1. The summed E-state index contributed by atoms with van der Waals surface area (Å²) >= 11 is 8.08. The smallest absolute Gasteiger partial charge is 0.254 e. The number of nitrogens with zero attached hydrogens (tertiary/aromatic N) is 4. The molecule has 0 bridgehead atoms. The van der Waals surface area contributed by atoms with Crippen LogP contribution >= 0.6 is 22.9 Å². The third kappa shape index (κ3) is 4.87. The molecule has 2 N–H and O–H groups in total. The number of benzene rings is 2. The van der Waals surface area contributed by atoms with E-state index in [9.17, 15) is 4.79 Å². The molecule has 4 aromatic rings. The maximum Gasteiger partial charge on any atom is 0.254 e. The second kappa shape index (κ2) is 9.53. The Hall–Kier alpha value is -3.07. The molecule has 0 spiro atoms. The highest BCUT2D eigenvalue weighted by Crippen LogP contribution is 2.36. The van der Waals surface area contributed by atoms with Gasteiger partial charge in [0.2, 0.25) is 11.8 Å². The molecule has 7 nitrogen and oxygen atoms in total. The second-order valence-electron chi connectivity index (χ2n) is 9.17. The number of carbonyl (C=O) groups excluding carboxylic acids is 1. The van der Waals surface area contributed by atoms with Crippen LogP contribution in [0.1, 0.15) is 58.3 Å². The fourth-order valence-electron chi connectivity index (χ4n) is 4.44. The lowest BCUT2D eigenvalue weighted by Crippen LogP contribution is -2.35. The van der Waals surface area contributed by atoms with Gasteiger partial charge in [-0.3, -0.25) is 4.79 Å². The van der Waals surface area contributed by atoms with Gasteiger partial charge >= 0.3 is 0 Å². The van der Waals surface area contributed by atoms with E-state index in [2.05, 4.69) is 15.2 Å². The van der Waals surface area contributed by atoms with E-state index in [4.69, 9.17) is 21.8 Å². The third-order valence-corrected chi connectivity index (χ3v) is 7.60. The summed E-state index contributed by atoms with van der Waals surface area (Å²) in [7, 11) is 0. The Morgan fingerprint density at radius 1 is 1.26 bits per heavy atom. The van der Waals surface area contributed by atoms with E-state index >= 15 is 0 Å². The molecule has 2 atom stereocenters. The standard InChI is InChI=1S/C26H26ClN5O2S/c1-16-15-35-23(29-16)21-9-6-12-32(21)24(33)18-10-11-20(27)19(13-18)22-30-31-25(34-22)26(2,28)14-17-7-4-3-5-8-17/h3-5,7-8,10-11,13,15,21H,6,9,12,14,28H2,1-2H3. The van der Waals surface area contributed by atoms with E-state index in [1.54, 1.807) is 29.5 Å². The number of carbonyl (C=O) groups is 1. The minimum Gasteiger partial charge on any atom is -0.419 e. The number of rotatable bonds is 6. The highest BCUT2D eigenvalue weighted by Gasteiger charge is 2.33. The van der Waals surface area contributed by atoms with Gasteiger partial charge in [0.1, 0.15) is 5.01 Å². The van der Waals surface area contributed by atoms with E-state index in [1.807, 2.05) is 54.5 Å². The van der Waals surface area contributed by atoms with Crippen LogP contribution in [0.3, 0.4) is 0 Å². The molecule has 180 valence electrons. The van der Waals surface area contributed by atoms with E-state index in [1.165, 1.54) is 0 Å². The molecule has 2 unspecified atom stereocenters. The van der Waals surface area contributed by atoms with Crippen LogP contribution < -0.4 is 5.73 Å². The Morgan fingerprint density at radius 2 is 2.06 bits per heavy atom. The van der Waals surface area contributed by atoms with Crippen LogP contribution in [0.5, 0.6) is 0 Å². The highest BCUT2D eigenvalue weighted by molar-refractivity contribution is 7.09. The molecule has 2 aromatic heterocycles. The van der Waals surface area contributed by atoms with E-state index in [0.29, 0.717) is 35.0 Å². The molecule has 3 heterocycles. The molecule has 35 heavy (non-hydrogen) atoms. The Morgan fingerprint density at radius 3 is 2.80 bits per heavy atom. The monoisotopic (exact) mass is 507 g/mol. The van der Waals surface area contributed by atoms with Crippen LogP contribution in [-0.2, 0) is 12.0 Å². The van der Waals surface area contributed by atoms with Crippen LogP contribution in [0.25, 0.3) is 11.5 Å². The molecule has 0 aliphatic carbocycles. The zero-order valence-electron chi connectivity index (χ0n) is 19.6. The minimum atomic E-state index is -0.860. The van der Waals surface area contributed by atoms with Gasteiger partial charge in [-0.1, -0.05) is 41.9 Å². The number of thiazole rings is 1. The predicted molar refractivity (Wildman–Crippen MR) is 136 cm³/mol. The van der Waals surface area contributed by atoms with Crippen molar-refractivity contribution in [1.82, 2.24) is 20.1 Å². The molecule has 1 saturated heterocycles. The number of likely N-dealkylation sites (tertiary alicyclic amines) is 1. The van der Waals surface area contributed by atoms with Crippen LogP contribution in [-0.4, -0.2) is 32.5 Å². The lowest BCUT2D eigenvalue weighted by atomic mass is 9.94. The first-order chi connectivity index (χ1) is 16.8. The van der Waals surface area contributed by atoms with Gasteiger partial charge in [0.05, 0.1) is 22.2 Å². The maximum absolute atomic E-state index is 13.5. The van der Waals surface area contributed by atoms with Crippen molar-refractivity contribution in [1.29, 1.82) is 0 Å². The van der Waals surface area contributed by atoms with E-state index in [0.717, 1.165) is 29.1 Å². The van der Waals surface area contributed by atoms with Gasteiger partial charge in [-0.15, -0.1) is 21.5 Å². The van der Waals surface area contributed by atoms with Gasteiger partial charge in [-0.05, 0) is 56.9 Å².